The van der Waals surface area contributed by atoms with E-state index in [0.717, 1.165) is 4.90 Å². The maximum atomic E-state index is 12.1. The van der Waals surface area contributed by atoms with E-state index in [9.17, 15) is 19.5 Å². The Kier molecular flexibility index (Phi) is 5.97. The molecule has 2 aliphatic heterocycles. The van der Waals surface area contributed by atoms with Crippen LogP contribution >= 0.6 is 23.1 Å². The van der Waals surface area contributed by atoms with Crippen molar-refractivity contribution in [2.75, 3.05) is 5.73 Å². The summed E-state index contributed by atoms with van der Waals surface area (Å²) in [6.45, 7) is 1.82. The van der Waals surface area contributed by atoms with Crippen molar-refractivity contribution in [1.82, 2.24) is 15.2 Å². The molecule has 0 aliphatic carbocycles. The summed E-state index contributed by atoms with van der Waals surface area (Å²) in [7, 11) is 0. The molecule has 0 radical (unpaired) electrons. The van der Waals surface area contributed by atoms with Gasteiger partial charge in [-0.05, 0) is 13.0 Å². The summed E-state index contributed by atoms with van der Waals surface area (Å²) in [5.41, 5.74) is 5.91. The number of rotatable bonds is 4. The molecule has 0 spiro atoms. The van der Waals surface area contributed by atoms with Crippen LogP contribution in [0.1, 0.15) is 12.6 Å². The molecular formula is C13H13N4NaO4S2. The predicted octanol–water partition coefficient (Wildman–Crippen LogP) is -4.31. The van der Waals surface area contributed by atoms with Crippen molar-refractivity contribution in [3.05, 3.63) is 22.8 Å². The van der Waals surface area contributed by atoms with Crippen molar-refractivity contribution in [3.63, 3.8) is 0 Å². The molecule has 2 aliphatic rings. The van der Waals surface area contributed by atoms with Crippen molar-refractivity contribution in [2.45, 2.75) is 30.0 Å². The molecule has 1 fully saturated rings. The first-order chi connectivity index (χ1) is 10.9. The Labute approximate surface area is 168 Å². The van der Waals surface area contributed by atoms with Crippen molar-refractivity contribution in [2.24, 2.45) is 0 Å². The zero-order valence-electron chi connectivity index (χ0n) is 13.0. The van der Waals surface area contributed by atoms with Gasteiger partial charge in [-0.15, -0.1) is 23.1 Å². The first kappa shape index (κ1) is 19.3. The molecule has 122 valence electrons. The number of carboxylic acid groups (broad SMARTS) is 1. The van der Waals surface area contributed by atoms with Gasteiger partial charge in [0.2, 0.25) is 5.91 Å². The second-order valence-corrected chi connectivity index (χ2v) is 7.57. The van der Waals surface area contributed by atoms with Gasteiger partial charge in [0.15, 0.2) is 5.13 Å². The van der Waals surface area contributed by atoms with Crippen molar-refractivity contribution < 1.29 is 49.0 Å². The number of amides is 2. The van der Waals surface area contributed by atoms with Crippen LogP contribution < -0.4 is 45.7 Å². The number of nitrogen functional groups attached to an aromatic ring is 1. The number of carboxylic acids is 1. The van der Waals surface area contributed by atoms with Gasteiger partial charge in [0.25, 0.3) is 5.91 Å². The number of nitrogens with zero attached hydrogens (tertiary/aromatic N) is 2. The van der Waals surface area contributed by atoms with E-state index in [2.05, 4.69) is 10.3 Å². The zero-order chi connectivity index (χ0) is 16.7. The topological polar surface area (TPSA) is 128 Å². The number of carbonyl (C=O) groups excluding carboxylic acids is 3. The zero-order valence-corrected chi connectivity index (χ0v) is 16.6. The van der Waals surface area contributed by atoms with E-state index in [1.807, 2.05) is 6.92 Å². The molecule has 3 atom stereocenters. The van der Waals surface area contributed by atoms with Gasteiger partial charge in [-0.2, -0.15) is 0 Å². The molecule has 3 heterocycles. The molecule has 24 heavy (non-hydrogen) atoms. The quantitative estimate of drug-likeness (QED) is 0.402. The fraction of sp³-hybridized carbons (Fsp3) is 0.385. The fourth-order valence-corrected chi connectivity index (χ4v) is 4.40. The molecule has 11 heteroatoms. The van der Waals surface area contributed by atoms with Crippen molar-refractivity contribution in [3.8, 4) is 0 Å². The average molecular weight is 376 g/mol. The monoisotopic (exact) mass is 376 g/mol. The normalized spacial score (nSPS) is 25.0. The van der Waals surface area contributed by atoms with Gasteiger partial charge in [0.1, 0.15) is 11.4 Å². The van der Waals surface area contributed by atoms with Gasteiger partial charge in [-0.25, -0.2) is 4.98 Å². The molecule has 1 aromatic rings. The van der Waals surface area contributed by atoms with Gasteiger partial charge in [-0.3, -0.25) is 14.5 Å². The van der Waals surface area contributed by atoms with Crippen LogP contribution in [0.5, 0.6) is 0 Å². The molecule has 1 aromatic heterocycles. The minimum Gasteiger partial charge on any atom is -0.543 e. The first-order valence-electron chi connectivity index (χ1n) is 6.77. The number of nitrogens with one attached hydrogen (secondary N) is 1. The Morgan fingerprint density at radius 1 is 1.50 bits per heavy atom. The molecular weight excluding hydrogens is 363 g/mol. The molecule has 2 amide bonds. The molecule has 0 bridgehead atoms. The molecule has 1 saturated heterocycles. The molecule has 0 saturated carbocycles. The number of anilines is 1. The van der Waals surface area contributed by atoms with Crippen LogP contribution in [0.3, 0.4) is 0 Å². The Morgan fingerprint density at radius 3 is 2.79 bits per heavy atom. The maximum absolute atomic E-state index is 12.1. The third-order valence-electron chi connectivity index (χ3n) is 3.49. The third kappa shape index (κ3) is 3.62. The SMILES string of the molecule is CC1C=C(C(=O)[O-])N2C(=O)C(NC(=O)Cc3csc(N)n3)[C@H]2S1.[Na+]. The summed E-state index contributed by atoms with van der Waals surface area (Å²) in [4.78, 5) is 40.4. The Morgan fingerprint density at radius 2 is 2.21 bits per heavy atom. The number of β-lactam (4-membered cyclic amide) rings is 1. The second kappa shape index (κ2) is 7.44. The average Bonchev–Trinajstić information content (AvgIpc) is 2.88. The number of aliphatic carboxylic acids is 1. The van der Waals surface area contributed by atoms with E-state index >= 15 is 0 Å². The maximum Gasteiger partial charge on any atom is 1.00 e. The number of carbonyl (C=O) groups is 3. The van der Waals surface area contributed by atoms with E-state index in [-0.39, 0.29) is 52.8 Å². The summed E-state index contributed by atoms with van der Waals surface area (Å²) in [5.74, 6) is -2.19. The van der Waals surface area contributed by atoms with Crippen LogP contribution in [-0.4, -0.2) is 44.3 Å². The van der Waals surface area contributed by atoms with Gasteiger partial charge in [0.05, 0.1) is 23.8 Å². The minimum absolute atomic E-state index is 0. The largest absolute Gasteiger partial charge is 1.00 e. The Hall–Kier alpha value is -1.07. The standard InChI is InChI=1S/C13H14N4O4S2.Na/c1-5-2-7(12(20)21)17-10(19)9(11(17)23-5)16-8(18)3-6-4-22-13(14)15-6;/h2,4-5,9,11H,3H2,1H3,(H2,14,15)(H,16,18)(H,20,21);/q;+1/p-1/t5?,9?,11-;/m1./s1. The summed E-state index contributed by atoms with van der Waals surface area (Å²) >= 11 is 2.65. The Balaban J connectivity index is 0.00000208. The van der Waals surface area contributed by atoms with E-state index in [0.29, 0.717) is 10.8 Å². The number of hydrogen-bond acceptors (Lipinski definition) is 8. The number of aromatic nitrogens is 1. The molecule has 3 N–H and O–H groups in total. The van der Waals surface area contributed by atoms with E-state index in [1.54, 1.807) is 5.38 Å². The number of thioether (sulfide) groups is 1. The number of hydrogen-bond donors (Lipinski definition) is 2. The van der Waals surface area contributed by atoms with Gasteiger partial charge < -0.3 is 21.0 Å². The summed E-state index contributed by atoms with van der Waals surface area (Å²) in [5, 5.41) is 15.3. The van der Waals surface area contributed by atoms with E-state index < -0.39 is 23.3 Å². The van der Waals surface area contributed by atoms with Gasteiger partial charge >= 0.3 is 29.6 Å². The van der Waals surface area contributed by atoms with Crippen LogP contribution in [0.25, 0.3) is 0 Å². The Bertz CT molecular complexity index is 723. The van der Waals surface area contributed by atoms with Crippen LogP contribution in [0.4, 0.5) is 5.13 Å². The van der Waals surface area contributed by atoms with Crippen LogP contribution in [0.15, 0.2) is 17.2 Å². The molecule has 2 unspecified atom stereocenters. The first-order valence-corrected chi connectivity index (χ1v) is 8.60. The van der Waals surface area contributed by atoms with Gasteiger partial charge in [0, 0.05) is 10.6 Å². The summed E-state index contributed by atoms with van der Waals surface area (Å²) in [6, 6.07) is -0.742. The summed E-state index contributed by atoms with van der Waals surface area (Å²) in [6.07, 6.45) is 1.50. The van der Waals surface area contributed by atoms with Crippen LogP contribution in [0, 0.1) is 0 Å². The fourth-order valence-electron chi connectivity index (χ4n) is 2.51. The molecule has 8 nitrogen and oxygen atoms in total. The van der Waals surface area contributed by atoms with Gasteiger partial charge in [-0.1, -0.05) is 0 Å². The van der Waals surface area contributed by atoms with E-state index in [4.69, 9.17) is 5.73 Å². The molecule has 3 rings (SSSR count). The van der Waals surface area contributed by atoms with Crippen LogP contribution in [-0.2, 0) is 20.8 Å². The van der Waals surface area contributed by atoms with Crippen molar-refractivity contribution >= 4 is 46.0 Å². The number of fused-ring (bicyclic) bond motifs is 1. The predicted molar refractivity (Wildman–Crippen MR) is 82.9 cm³/mol. The smallest absolute Gasteiger partial charge is 0.543 e. The second-order valence-electron chi connectivity index (χ2n) is 5.18. The number of nitrogens with two attached hydrogens (primary N) is 1. The number of thiazole rings is 1. The third-order valence-corrected chi connectivity index (χ3v) is 5.54. The molecule has 0 aromatic carbocycles. The minimum atomic E-state index is -1.39. The van der Waals surface area contributed by atoms with Crippen LogP contribution in [0.2, 0.25) is 0 Å². The van der Waals surface area contributed by atoms with E-state index in [1.165, 1.54) is 29.2 Å². The summed E-state index contributed by atoms with van der Waals surface area (Å²) < 4.78 is 0. The van der Waals surface area contributed by atoms with Crippen molar-refractivity contribution in [1.29, 1.82) is 0 Å².